The number of hydrogen-bond donors (Lipinski definition) is 1. The van der Waals surface area contributed by atoms with Crippen LogP contribution in [0.1, 0.15) is 11.4 Å². The molecule has 0 atom stereocenters. The van der Waals surface area contributed by atoms with E-state index in [0.29, 0.717) is 22.3 Å². The van der Waals surface area contributed by atoms with Crippen LogP contribution in [-0.4, -0.2) is 9.97 Å². The van der Waals surface area contributed by atoms with Gasteiger partial charge in [0.05, 0.1) is 22.5 Å². The summed E-state index contributed by atoms with van der Waals surface area (Å²) in [7, 11) is 0. The van der Waals surface area contributed by atoms with Crippen molar-refractivity contribution in [3.8, 4) is 6.07 Å². The smallest absolute Gasteiger partial charge is 0.258 e. The van der Waals surface area contributed by atoms with Crippen LogP contribution >= 0.6 is 0 Å². The summed E-state index contributed by atoms with van der Waals surface area (Å²) in [5.41, 5.74) is 0.878. The third-order valence-corrected chi connectivity index (χ3v) is 1.95. The van der Waals surface area contributed by atoms with Gasteiger partial charge in [-0.1, -0.05) is 0 Å². The third-order valence-electron chi connectivity index (χ3n) is 1.95. The van der Waals surface area contributed by atoms with Crippen molar-refractivity contribution < 1.29 is 0 Å². The maximum absolute atomic E-state index is 11.5. The number of benzene rings is 1. The second kappa shape index (κ2) is 2.96. The zero-order valence-electron chi connectivity index (χ0n) is 7.53. The van der Waals surface area contributed by atoms with E-state index in [9.17, 15) is 4.79 Å². The summed E-state index contributed by atoms with van der Waals surface area (Å²) < 4.78 is 0. The molecule has 0 amide bonds. The molecule has 0 saturated heterocycles. The molecule has 4 nitrogen and oxygen atoms in total. The Bertz CT molecular complexity index is 592. The molecule has 0 fully saturated rings. The van der Waals surface area contributed by atoms with Crippen LogP contribution < -0.4 is 5.56 Å². The molecule has 0 aliphatic heterocycles. The molecule has 0 bridgehead atoms. The number of H-pyrrole nitrogens is 1. The summed E-state index contributed by atoms with van der Waals surface area (Å²) in [5.74, 6) is 0.576. The minimum absolute atomic E-state index is 0.204. The fourth-order valence-electron chi connectivity index (χ4n) is 1.33. The number of aromatic nitrogens is 2. The van der Waals surface area contributed by atoms with Crippen LogP contribution in [0.15, 0.2) is 23.0 Å². The van der Waals surface area contributed by atoms with E-state index < -0.39 is 0 Å². The molecule has 0 unspecified atom stereocenters. The molecule has 0 radical (unpaired) electrons. The van der Waals surface area contributed by atoms with Gasteiger partial charge in [-0.05, 0) is 25.1 Å². The summed E-state index contributed by atoms with van der Waals surface area (Å²) in [6.07, 6.45) is 0. The average Bonchev–Trinajstić information content (AvgIpc) is 2.17. The van der Waals surface area contributed by atoms with Crippen LogP contribution in [0.3, 0.4) is 0 Å². The van der Waals surface area contributed by atoms with Gasteiger partial charge in [0, 0.05) is 0 Å². The van der Waals surface area contributed by atoms with Crippen molar-refractivity contribution in [2.45, 2.75) is 6.92 Å². The number of rotatable bonds is 0. The number of nitrogens with one attached hydrogen (secondary N) is 1. The third kappa shape index (κ3) is 1.25. The van der Waals surface area contributed by atoms with Gasteiger partial charge in [0.2, 0.25) is 0 Å². The average molecular weight is 185 g/mol. The van der Waals surface area contributed by atoms with Gasteiger partial charge in [0.15, 0.2) is 0 Å². The highest BCUT2D eigenvalue weighted by molar-refractivity contribution is 5.78. The van der Waals surface area contributed by atoms with E-state index in [2.05, 4.69) is 9.97 Å². The lowest BCUT2D eigenvalue weighted by atomic mass is 10.1. The number of hydrogen-bond acceptors (Lipinski definition) is 3. The first-order chi connectivity index (χ1) is 6.70. The van der Waals surface area contributed by atoms with E-state index in [1.54, 1.807) is 25.1 Å². The monoisotopic (exact) mass is 185 g/mol. The molecular formula is C10H7N3O. The maximum atomic E-state index is 11.5. The van der Waals surface area contributed by atoms with E-state index in [1.165, 1.54) is 0 Å². The minimum Gasteiger partial charge on any atom is -0.310 e. The predicted octanol–water partition coefficient (Wildman–Crippen LogP) is 1.10. The molecule has 2 aromatic rings. The second-order valence-corrected chi connectivity index (χ2v) is 3.00. The number of nitrogens with zero attached hydrogens (tertiary/aromatic N) is 2. The Hall–Kier alpha value is -2.15. The van der Waals surface area contributed by atoms with Gasteiger partial charge in [-0.15, -0.1) is 0 Å². The zero-order valence-corrected chi connectivity index (χ0v) is 7.53. The van der Waals surface area contributed by atoms with Crippen molar-refractivity contribution in [2.24, 2.45) is 0 Å². The van der Waals surface area contributed by atoms with E-state index >= 15 is 0 Å². The summed E-state index contributed by atoms with van der Waals surface area (Å²) in [5, 5.41) is 9.11. The Morgan fingerprint density at radius 2 is 2.29 bits per heavy atom. The predicted molar refractivity (Wildman–Crippen MR) is 51.8 cm³/mol. The summed E-state index contributed by atoms with van der Waals surface area (Å²) >= 11 is 0. The lowest BCUT2D eigenvalue weighted by Crippen LogP contribution is -2.09. The van der Waals surface area contributed by atoms with Crippen LogP contribution in [0.2, 0.25) is 0 Å². The van der Waals surface area contributed by atoms with Crippen molar-refractivity contribution >= 4 is 10.9 Å². The molecule has 0 spiro atoms. The first-order valence-corrected chi connectivity index (χ1v) is 4.11. The van der Waals surface area contributed by atoms with E-state index in [4.69, 9.17) is 5.26 Å². The number of aryl methyl sites for hydroxylation is 1. The molecule has 14 heavy (non-hydrogen) atoms. The van der Waals surface area contributed by atoms with Crippen molar-refractivity contribution in [1.82, 2.24) is 9.97 Å². The fourth-order valence-corrected chi connectivity index (χ4v) is 1.33. The SMILES string of the molecule is Cc1nc2ccc(C#N)cc2c(=O)[nH]1. The fraction of sp³-hybridized carbons (Fsp3) is 0.100. The van der Waals surface area contributed by atoms with Gasteiger partial charge < -0.3 is 4.98 Å². The number of aromatic amines is 1. The Morgan fingerprint density at radius 1 is 1.50 bits per heavy atom. The van der Waals surface area contributed by atoms with Crippen molar-refractivity contribution in [2.75, 3.05) is 0 Å². The Labute approximate surface area is 79.8 Å². The molecule has 2 rings (SSSR count). The zero-order chi connectivity index (χ0) is 10.1. The van der Waals surface area contributed by atoms with Gasteiger partial charge in [0.1, 0.15) is 5.82 Å². The Kier molecular flexibility index (Phi) is 1.79. The van der Waals surface area contributed by atoms with Crippen molar-refractivity contribution in [3.05, 3.63) is 39.9 Å². The Morgan fingerprint density at radius 3 is 3.00 bits per heavy atom. The molecule has 4 heteroatoms. The quantitative estimate of drug-likeness (QED) is 0.668. The molecule has 0 aliphatic rings. The van der Waals surface area contributed by atoms with Crippen LogP contribution in [0.4, 0.5) is 0 Å². The van der Waals surface area contributed by atoms with Gasteiger partial charge in [-0.2, -0.15) is 5.26 Å². The minimum atomic E-state index is -0.204. The van der Waals surface area contributed by atoms with E-state index in [-0.39, 0.29) is 5.56 Å². The lowest BCUT2D eigenvalue weighted by molar-refractivity contribution is 1.06. The lowest BCUT2D eigenvalue weighted by Gasteiger charge is -1.97. The number of fused-ring (bicyclic) bond motifs is 1. The molecule has 1 N–H and O–H groups in total. The van der Waals surface area contributed by atoms with Gasteiger partial charge in [-0.3, -0.25) is 4.79 Å². The van der Waals surface area contributed by atoms with Gasteiger partial charge in [-0.25, -0.2) is 4.98 Å². The largest absolute Gasteiger partial charge is 0.310 e. The summed E-state index contributed by atoms with van der Waals surface area (Å²) in [6, 6.07) is 6.85. The first-order valence-electron chi connectivity index (χ1n) is 4.11. The first kappa shape index (κ1) is 8.45. The molecule has 0 saturated carbocycles. The molecular weight excluding hydrogens is 178 g/mol. The highest BCUT2D eigenvalue weighted by Gasteiger charge is 2.01. The molecule has 1 heterocycles. The maximum Gasteiger partial charge on any atom is 0.258 e. The van der Waals surface area contributed by atoms with Gasteiger partial charge >= 0.3 is 0 Å². The molecule has 68 valence electrons. The normalized spacial score (nSPS) is 10.0. The Balaban J connectivity index is 2.91. The van der Waals surface area contributed by atoms with Crippen LogP contribution in [0.25, 0.3) is 10.9 Å². The summed E-state index contributed by atoms with van der Waals surface area (Å²) in [4.78, 5) is 18.2. The molecule has 0 aliphatic carbocycles. The van der Waals surface area contributed by atoms with Gasteiger partial charge in [0.25, 0.3) is 5.56 Å². The van der Waals surface area contributed by atoms with Crippen LogP contribution in [0, 0.1) is 18.3 Å². The van der Waals surface area contributed by atoms with Crippen molar-refractivity contribution in [3.63, 3.8) is 0 Å². The van der Waals surface area contributed by atoms with E-state index in [1.807, 2.05) is 6.07 Å². The molecule has 1 aromatic heterocycles. The topological polar surface area (TPSA) is 69.5 Å². The second-order valence-electron chi connectivity index (χ2n) is 3.00. The highest BCUT2D eigenvalue weighted by atomic mass is 16.1. The van der Waals surface area contributed by atoms with Crippen molar-refractivity contribution in [1.29, 1.82) is 5.26 Å². The van der Waals surface area contributed by atoms with Crippen LogP contribution in [-0.2, 0) is 0 Å². The number of nitriles is 1. The standard InChI is InChI=1S/C10H7N3O/c1-6-12-9-3-2-7(5-11)4-8(9)10(14)13-6/h2-4H,1H3,(H,12,13,14). The summed E-state index contributed by atoms with van der Waals surface area (Å²) in [6.45, 7) is 1.72. The highest BCUT2D eigenvalue weighted by Crippen LogP contribution is 2.08. The van der Waals surface area contributed by atoms with Crippen LogP contribution in [0.5, 0.6) is 0 Å². The molecule has 1 aromatic carbocycles. The van der Waals surface area contributed by atoms with E-state index in [0.717, 1.165) is 0 Å².